The van der Waals surface area contributed by atoms with E-state index in [1.165, 1.54) is 12.5 Å². The predicted molar refractivity (Wildman–Crippen MR) is 180 cm³/mol. The summed E-state index contributed by atoms with van der Waals surface area (Å²) in [5, 5.41) is 21.0. The summed E-state index contributed by atoms with van der Waals surface area (Å²) in [4.78, 5) is 59.7. The minimum absolute atomic E-state index is 0.00187. The van der Waals surface area contributed by atoms with E-state index in [1.807, 2.05) is 92.1 Å². The largest absolute Gasteiger partial charge is 0.445 e. The number of hydrogen-bond acceptors (Lipinski definition) is 8. The number of aliphatic hydroxyl groups is 1. The molecule has 13 heteroatoms. The predicted octanol–water partition coefficient (Wildman–Crippen LogP) is 2.40. The Hall–Kier alpha value is -5.27. The quantitative estimate of drug-likeness (QED) is 0.0541. The fourth-order valence-electron chi connectivity index (χ4n) is 5.40. The lowest BCUT2D eigenvalue weighted by Crippen LogP contribution is -2.57. The van der Waals surface area contributed by atoms with Crippen LogP contribution in [0.2, 0.25) is 0 Å². The molecule has 8 N–H and O–H groups in total. The number of rotatable bonds is 16. The van der Waals surface area contributed by atoms with E-state index < -0.39 is 48.0 Å². The first-order valence-corrected chi connectivity index (χ1v) is 15.8. The lowest BCUT2D eigenvalue weighted by molar-refractivity contribution is -0.131. The van der Waals surface area contributed by atoms with Gasteiger partial charge >= 0.3 is 6.09 Å². The van der Waals surface area contributed by atoms with Crippen molar-refractivity contribution in [2.45, 2.75) is 70.4 Å². The van der Waals surface area contributed by atoms with Crippen LogP contribution in [0.4, 0.5) is 4.79 Å². The zero-order chi connectivity index (χ0) is 34.5. The second kappa shape index (κ2) is 17.6. The van der Waals surface area contributed by atoms with E-state index in [9.17, 15) is 24.3 Å². The first-order valence-electron chi connectivity index (χ1n) is 15.8. The Kier molecular flexibility index (Phi) is 13.0. The van der Waals surface area contributed by atoms with Crippen molar-refractivity contribution >= 4 is 34.6 Å². The molecule has 0 fully saturated rings. The molecule has 0 spiro atoms. The smallest absolute Gasteiger partial charge is 0.408 e. The number of nitrogens with zero attached hydrogens (tertiary/aromatic N) is 1. The number of ether oxygens (including phenoxy) is 1. The van der Waals surface area contributed by atoms with Gasteiger partial charge in [0.1, 0.15) is 18.7 Å². The van der Waals surface area contributed by atoms with Crippen LogP contribution in [-0.4, -0.2) is 63.1 Å². The van der Waals surface area contributed by atoms with E-state index >= 15 is 0 Å². The third kappa shape index (κ3) is 10.6. The van der Waals surface area contributed by atoms with Crippen LogP contribution in [0.3, 0.4) is 0 Å². The summed E-state index contributed by atoms with van der Waals surface area (Å²) in [5.74, 6) is 3.46. The highest BCUT2D eigenvalue weighted by atomic mass is 16.5. The summed E-state index contributed by atoms with van der Waals surface area (Å²) < 4.78 is 5.44. The zero-order valence-corrected chi connectivity index (χ0v) is 27.0. The Morgan fingerprint density at radius 2 is 1.56 bits per heavy atom. The Balaban J connectivity index is 1.57. The van der Waals surface area contributed by atoms with E-state index in [0.29, 0.717) is 12.1 Å². The molecule has 0 aliphatic rings. The van der Waals surface area contributed by atoms with Crippen molar-refractivity contribution in [2.75, 3.05) is 0 Å². The molecule has 4 aromatic rings. The molecule has 0 aliphatic carbocycles. The van der Waals surface area contributed by atoms with Crippen molar-refractivity contribution in [3.63, 3.8) is 0 Å². The van der Waals surface area contributed by atoms with E-state index in [4.69, 9.17) is 10.6 Å². The van der Waals surface area contributed by atoms with Gasteiger partial charge in [-0.05, 0) is 34.2 Å². The molecule has 0 bridgehead atoms. The van der Waals surface area contributed by atoms with Gasteiger partial charge in [0.2, 0.25) is 17.7 Å². The monoisotopic (exact) mass is 657 g/mol. The Bertz CT molecular complexity index is 1640. The second-order valence-corrected chi connectivity index (χ2v) is 12.0. The summed E-state index contributed by atoms with van der Waals surface area (Å²) >= 11 is 0. The van der Waals surface area contributed by atoms with Crippen molar-refractivity contribution in [3.05, 3.63) is 102 Å². The number of aromatic amines is 1. The SMILES string of the molecule is CC(C)C[C@H](NC(=O)[C@H](Cc1cnc[nH]1)NC(=O)[C@H](Cc1cccc2ccccc12)NC(=O)OCc1ccccc1)[C@@H](O)CC(=O)NN. The highest BCUT2D eigenvalue weighted by Crippen LogP contribution is 2.20. The van der Waals surface area contributed by atoms with Gasteiger partial charge in [-0.25, -0.2) is 15.6 Å². The molecular formula is C35H43N7O6. The molecule has 254 valence electrons. The zero-order valence-electron chi connectivity index (χ0n) is 27.0. The highest BCUT2D eigenvalue weighted by Gasteiger charge is 2.31. The molecule has 0 saturated heterocycles. The molecule has 1 heterocycles. The van der Waals surface area contributed by atoms with Crippen molar-refractivity contribution < 1.29 is 29.0 Å². The lowest BCUT2D eigenvalue weighted by Gasteiger charge is -2.28. The molecule has 0 radical (unpaired) electrons. The molecule has 0 unspecified atom stereocenters. The molecule has 0 saturated carbocycles. The second-order valence-electron chi connectivity index (χ2n) is 12.0. The number of imidazole rings is 1. The number of carbonyl (C=O) groups is 4. The number of amides is 4. The average Bonchev–Trinajstić information content (AvgIpc) is 3.60. The van der Waals surface area contributed by atoms with Gasteiger partial charge in [0.15, 0.2) is 0 Å². The highest BCUT2D eigenvalue weighted by molar-refractivity contribution is 5.93. The van der Waals surface area contributed by atoms with Gasteiger partial charge in [-0.3, -0.25) is 19.8 Å². The maximum absolute atomic E-state index is 14.0. The van der Waals surface area contributed by atoms with Crippen LogP contribution in [0.25, 0.3) is 10.8 Å². The van der Waals surface area contributed by atoms with Gasteiger partial charge in [-0.2, -0.15) is 0 Å². The minimum Gasteiger partial charge on any atom is -0.445 e. The number of H-pyrrole nitrogens is 1. The molecule has 48 heavy (non-hydrogen) atoms. The van der Waals surface area contributed by atoms with Gasteiger partial charge < -0.3 is 30.8 Å². The van der Waals surface area contributed by atoms with Crippen molar-refractivity contribution in [1.29, 1.82) is 0 Å². The topological polar surface area (TPSA) is 201 Å². The van der Waals surface area contributed by atoms with E-state index in [0.717, 1.165) is 21.9 Å². The fourth-order valence-corrected chi connectivity index (χ4v) is 5.40. The Morgan fingerprint density at radius 3 is 2.27 bits per heavy atom. The van der Waals surface area contributed by atoms with Crippen molar-refractivity contribution in [2.24, 2.45) is 11.8 Å². The summed E-state index contributed by atoms with van der Waals surface area (Å²) in [6.07, 6.45) is 1.12. The molecule has 4 rings (SSSR count). The van der Waals surface area contributed by atoms with Crippen LogP contribution < -0.4 is 27.2 Å². The number of hydrogen-bond donors (Lipinski definition) is 7. The number of aromatic nitrogens is 2. The van der Waals surface area contributed by atoms with Crippen LogP contribution in [0.5, 0.6) is 0 Å². The normalized spacial score (nSPS) is 13.6. The van der Waals surface area contributed by atoms with Gasteiger partial charge in [0.25, 0.3) is 0 Å². The summed E-state index contributed by atoms with van der Waals surface area (Å²) in [5.41, 5.74) is 4.15. The first kappa shape index (κ1) is 35.6. The standard InChI is InChI=1S/C35H43N7O6/c1-22(2)15-28(31(43)18-32(44)42-36)39-34(46)30(17-26-19-37-21-38-26)40-33(45)29(41-35(47)48-20-23-9-4-3-5-10-23)16-25-13-8-12-24-11-6-7-14-27(24)25/h3-14,19,21-22,28-31,43H,15-18,20,36H2,1-2H3,(H,37,38)(H,39,46)(H,40,45)(H,41,47)(H,42,44)/t28-,29-,30-,31-/m0/s1. The third-order valence-electron chi connectivity index (χ3n) is 7.81. The van der Waals surface area contributed by atoms with Gasteiger partial charge in [0.05, 0.1) is 24.9 Å². The van der Waals surface area contributed by atoms with E-state index in [2.05, 4.69) is 25.9 Å². The number of fused-ring (bicyclic) bond motifs is 1. The average molecular weight is 658 g/mol. The Labute approximate surface area is 279 Å². The Morgan fingerprint density at radius 1 is 0.875 bits per heavy atom. The number of hydrazine groups is 1. The molecule has 13 nitrogen and oxygen atoms in total. The molecule has 0 aliphatic heterocycles. The van der Waals surface area contributed by atoms with Crippen molar-refractivity contribution in [3.8, 4) is 0 Å². The number of nitrogens with one attached hydrogen (secondary N) is 5. The first-order chi connectivity index (χ1) is 23.1. The third-order valence-corrected chi connectivity index (χ3v) is 7.81. The van der Waals surface area contributed by atoms with Gasteiger partial charge in [-0.1, -0.05) is 86.6 Å². The fraction of sp³-hybridized carbons (Fsp3) is 0.343. The lowest BCUT2D eigenvalue weighted by atomic mass is 9.96. The van der Waals surface area contributed by atoms with E-state index in [-0.39, 0.29) is 31.8 Å². The minimum atomic E-state index is -1.23. The summed E-state index contributed by atoms with van der Waals surface area (Å²) in [6, 6.07) is 19.5. The van der Waals surface area contributed by atoms with Crippen LogP contribution in [-0.2, 0) is 38.6 Å². The molecule has 1 aromatic heterocycles. The number of carbonyl (C=O) groups excluding carboxylic acids is 4. The van der Waals surface area contributed by atoms with Crippen LogP contribution in [0.1, 0.15) is 43.5 Å². The number of alkyl carbamates (subject to hydrolysis) is 1. The molecule has 3 aromatic carbocycles. The van der Waals surface area contributed by atoms with Crippen LogP contribution in [0.15, 0.2) is 85.3 Å². The number of benzene rings is 3. The maximum atomic E-state index is 14.0. The number of nitrogens with two attached hydrogens (primary N) is 1. The number of aliphatic hydroxyl groups excluding tert-OH is 1. The van der Waals surface area contributed by atoms with Gasteiger partial charge in [0, 0.05) is 24.7 Å². The van der Waals surface area contributed by atoms with Crippen molar-refractivity contribution in [1.82, 2.24) is 31.3 Å². The van der Waals surface area contributed by atoms with E-state index in [1.54, 1.807) is 0 Å². The molecular weight excluding hydrogens is 614 g/mol. The summed E-state index contributed by atoms with van der Waals surface area (Å²) in [6.45, 7) is 3.83. The van der Waals surface area contributed by atoms with Crippen LogP contribution >= 0.6 is 0 Å². The maximum Gasteiger partial charge on any atom is 0.408 e. The molecule has 4 amide bonds. The van der Waals surface area contributed by atoms with Crippen LogP contribution in [0, 0.1) is 5.92 Å². The molecule has 4 atom stereocenters. The van der Waals surface area contributed by atoms with Gasteiger partial charge in [-0.15, -0.1) is 0 Å². The summed E-state index contributed by atoms with van der Waals surface area (Å²) in [7, 11) is 0.